The topological polar surface area (TPSA) is 39.7 Å². The summed E-state index contributed by atoms with van der Waals surface area (Å²) in [5, 5.41) is 6.70. The Hall–Kier alpha value is -1.81. The third kappa shape index (κ3) is 8.97. The zero-order chi connectivity index (χ0) is 22.1. The number of alkyl halides is 3. The van der Waals surface area contributed by atoms with E-state index in [0.717, 1.165) is 12.8 Å². The molecule has 0 radical (unpaired) electrons. The van der Waals surface area contributed by atoms with E-state index in [1.54, 1.807) is 7.05 Å². The molecule has 0 aromatic heterocycles. The minimum atomic E-state index is -4.13. The molecule has 0 bridgehead atoms. The number of halogens is 4. The Morgan fingerprint density at radius 2 is 1.72 bits per heavy atom. The van der Waals surface area contributed by atoms with Crippen LogP contribution in [0.4, 0.5) is 13.2 Å². The van der Waals surface area contributed by atoms with Crippen LogP contribution in [0.2, 0.25) is 0 Å². The van der Waals surface area contributed by atoms with Crippen molar-refractivity contribution in [3.8, 4) is 0 Å². The lowest BCUT2D eigenvalue weighted by molar-refractivity contribution is -0.143. The predicted molar refractivity (Wildman–Crippen MR) is 135 cm³/mol. The first-order valence-corrected chi connectivity index (χ1v) is 10.8. The van der Waals surface area contributed by atoms with E-state index in [2.05, 4.69) is 52.0 Å². The van der Waals surface area contributed by atoms with Gasteiger partial charge in [0.1, 0.15) is 0 Å². The highest BCUT2D eigenvalue weighted by Gasteiger charge is 2.34. The number of nitrogens with one attached hydrogen (secondary N) is 2. The van der Waals surface area contributed by atoms with Crippen molar-refractivity contribution in [1.29, 1.82) is 0 Å². The Bertz CT molecular complexity index is 815. The highest BCUT2D eigenvalue weighted by molar-refractivity contribution is 14.0. The zero-order valence-corrected chi connectivity index (χ0v) is 20.6. The van der Waals surface area contributed by atoms with E-state index >= 15 is 0 Å². The van der Waals surface area contributed by atoms with Crippen molar-refractivity contribution in [1.82, 2.24) is 15.5 Å². The Morgan fingerprint density at radius 3 is 2.34 bits per heavy atom. The van der Waals surface area contributed by atoms with Crippen molar-refractivity contribution < 1.29 is 13.2 Å². The van der Waals surface area contributed by atoms with Gasteiger partial charge in [-0.3, -0.25) is 9.89 Å². The number of guanidine groups is 1. The zero-order valence-electron chi connectivity index (χ0n) is 18.3. The van der Waals surface area contributed by atoms with Crippen molar-refractivity contribution in [2.75, 3.05) is 39.8 Å². The van der Waals surface area contributed by atoms with Gasteiger partial charge in [0.15, 0.2) is 5.96 Å². The average molecular weight is 560 g/mol. The molecule has 2 atom stereocenters. The molecule has 8 heteroatoms. The summed E-state index contributed by atoms with van der Waals surface area (Å²) in [6, 6.07) is 20.8. The maximum absolute atomic E-state index is 12.6. The van der Waals surface area contributed by atoms with Crippen LogP contribution in [0.3, 0.4) is 0 Å². The molecule has 1 heterocycles. The summed E-state index contributed by atoms with van der Waals surface area (Å²) in [5.74, 6) is 1.15. The van der Waals surface area contributed by atoms with E-state index < -0.39 is 12.7 Å². The molecule has 0 amide bonds. The Labute approximate surface area is 205 Å². The van der Waals surface area contributed by atoms with Gasteiger partial charge in [0.2, 0.25) is 0 Å². The molecule has 2 aromatic rings. The first kappa shape index (κ1) is 26.4. The number of nitrogens with zero attached hydrogens (tertiary/aromatic N) is 2. The van der Waals surface area contributed by atoms with Gasteiger partial charge >= 0.3 is 6.18 Å². The van der Waals surface area contributed by atoms with Gasteiger partial charge in [-0.15, -0.1) is 24.0 Å². The number of hydrogen-bond donors (Lipinski definition) is 2. The molecule has 176 valence electrons. The summed E-state index contributed by atoms with van der Waals surface area (Å²) in [6.07, 6.45) is -2.46. The van der Waals surface area contributed by atoms with Gasteiger partial charge in [0, 0.05) is 32.6 Å². The lowest BCUT2D eigenvalue weighted by atomic mass is 9.92. The second-order valence-electron chi connectivity index (χ2n) is 8.14. The van der Waals surface area contributed by atoms with E-state index in [1.165, 1.54) is 16.0 Å². The van der Waals surface area contributed by atoms with Crippen LogP contribution in [0, 0.1) is 5.92 Å². The third-order valence-corrected chi connectivity index (χ3v) is 5.67. The quantitative estimate of drug-likeness (QED) is 0.280. The number of hydrogen-bond acceptors (Lipinski definition) is 2. The van der Waals surface area contributed by atoms with Gasteiger partial charge in [-0.1, -0.05) is 60.7 Å². The molecular weight excluding hydrogens is 528 g/mol. The summed E-state index contributed by atoms with van der Waals surface area (Å²) >= 11 is 0. The molecule has 3 rings (SSSR count). The first-order valence-electron chi connectivity index (χ1n) is 10.8. The smallest absolute Gasteiger partial charge is 0.356 e. The van der Waals surface area contributed by atoms with Crippen LogP contribution in [0.5, 0.6) is 0 Å². The average Bonchev–Trinajstić information content (AvgIpc) is 3.19. The molecule has 32 heavy (non-hydrogen) atoms. The van der Waals surface area contributed by atoms with Crippen LogP contribution >= 0.6 is 24.0 Å². The lowest BCUT2D eigenvalue weighted by Crippen LogP contribution is -2.42. The second kappa shape index (κ2) is 13.0. The van der Waals surface area contributed by atoms with Crippen LogP contribution in [0.1, 0.15) is 23.5 Å². The van der Waals surface area contributed by atoms with E-state index in [1.807, 2.05) is 24.3 Å². The molecular formula is C24H32F3IN4. The standard InChI is InChI=1S/C24H31F3N4.HI/c1-28-23(29-15-20-12-13-31(17-20)18-24(25,26)27)30-16-22(21-10-6-3-7-11-21)14-19-8-4-2-5-9-19;/h2-11,20,22H,12-18H2,1H3,(H2,28,29,30);1H. The Kier molecular flexibility index (Phi) is 10.8. The van der Waals surface area contributed by atoms with Gasteiger partial charge in [0.05, 0.1) is 6.54 Å². The molecule has 1 saturated heterocycles. The number of aliphatic imine (C=N–C) groups is 1. The summed E-state index contributed by atoms with van der Waals surface area (Å²) in [5.41, 5.74) is 2.53. The van der Waals surface area contributed by atoms with E-state index in [0.29, 0.717) is 32.1 Å². The molecule has 4 nitrogen and oxygen atoms in total. The first-order chi connectivity index (χ1) is 14.9. The highest BCUT2D eigenvalue weighted by atomic mass is 127. The normalized spacial score (nSPS) is 18.1. The summed E-state index contributed by atoms with van der Waals surface area (Å²) in [7, 11) is 1.72. The molecule has 1 fully saturated rings. The third-order valence-electron chi connectivity index (χ3n) is 5.67. The lowest BCUT2D eigenvalue weighted by Gasteiger charge is -2.21. The van der Waals surface area contributed by atoms with Crippen molar-refractivity contribution in [3.05, 3.63) is 71.8 Å². The van der Waals surface area contributed by atoms with Crippen LogP contribution in [0.25, 0.3) is 0 Å². The largest absolute Gasteiger partial charge is 0.401 e. The fraction of sp³-hybridized carbons (Fsp3) is 0.458. The molecule has 2 unspecified atom stereocenters. The summed E-state index contributed by atoms with van der Waals surface area (Å²) < 4.78 is 37.8. The SMILES string of the molecule is CN=C(NCC1CCN(CC(F)(F)F)C1)NCC(Cc1ccccc1)c1ccccc1.I. The minimum absolute atomic E-state index is 0. The van der Waals surface area contributed by atoms with E-state index in [-0.39, 0.29) is 35.8 Å². The fourth-order valence-electron chi connectivity index (χ4n) is 4.09. The van der Waals surface area contributed by atoms with Gasteiger partial charge in [0.25, 0.3) is 0 Å². The molecule has 2 aromatic carbocycles. The summed E-state index contributed by atoms with van der Waals surface area (Å²) in [6.45, 7) is 1.45. The molecule has 2 N–H and O–H groups in total. The fourth-order valence-corrected chi connectivity index (χ4v) is 4.09. The number of likely N-dealkylation sites (tertiary alicyclic amines) is 1. The monoisotopic (exact) mass is 560 g/mol. The number of benzene rings is 2. The van der Waals surface area contributed by atoms with Gasteiger partial charge in [-0.2, -0.15) is 13.2 Å². The predicted octanol–water partition coefficient (Wildman–Crippen LogP) is 4.68. The van der Waals surface area contributed by atoms with Crippen LogP contribution in [-0.2, 0) is 6.42 Å². The van der Waals surface area contributed by atoms with Crippen LogP contribution < -0.4 is 10.6 Å². The van der Waals surface area contributed by atoms with Crippen molar-refractivity contribution >= 4 is 29.9 Å². The van der Waals surface area contributed by atoms with E-state index in [4.69, 9.17) is 0 Å². The maximum atomic E-state index is 12.6. The molecule has 1 aliphatic rings. The Morgan fingerprint density at radius 1 is 1.06 bits per heavy atom. The van der Waals surface area contributed by atoms with Crippen molar-refractivity contribution in [3.63, 3.8) is 0 Å². The summed E-state index contributed by atoms with van der Waals surface area (Å²) in [4.78, 5) is 5.78. The second-order valence-corrected chi connectivity index (χ2v) is 8.14. The van der Waals surface area contributed by atoms with Crippen molar-refractivity contribution in [2.24, 2.45) is 10.9 Å². The minimum Gasteiger partial charge on any atom is -0.356 e. The van der Waals surface area contributed by atoms with E-state index in [9.17, 15) is 13.2 Å². The highest BCUT2D eigenvalue weighted by Crippen LogP contribution is 2.23. The molecule has 0 aliphatic carbocycles. The molecule has 1 aliphatic heterocycles. The van der Waals surface area contributed by atoms with Crippen LogP contribution in [-0.4, -0.2) is 56.8 Å². The van der Waals surface area contributed by atoms with Gasteiger partial charge in [-0.25, -0.2) is 0 Å². The molecule has 0 saturated carbocycles. The van der Waals surface area contributed by atoms with Crippen LogP contribution in [0.15, 0.2) is 65.7 Å². The molecule has 0 spiro atoms. The van der Waals surface area contributed by atoms with Gasteiger partial charge in [-0.05, 0) is 36.4 Å². The van der Waals surface area contributed by atoms with Crippen molar-refractivity contribution in [2.45, 2.75) is 24.9 Å². The number of rotatable bonds is 8. The Balaban J connectivity index is 0.00000363. The van der Waals surface area contributed by atoms with Gasteiger partial charge < -0.3 is 10.6 Å². The maximum Gasteiger partial charge on any atom is 0.401 e.